The summed E-state index contributed by atoms with van der Waals surface area (Å²) in [6.45, 7) is 4.69. The third kappa shape index (κ3) is 1.92. The molecule has 0 bridgehead atoms. The van der Waals surface area contributed by atoms with Crippen molar-refractivity contribution in [3.8, 4) is 0 Å². The van der Waals surface area contributed by atoms with Crippen LogP contribution in [0.25, 0.3) is 0 Å². The van der Waals surface area contributed by atoms with Gasteiger partial charge in [-0.05, 0) is 13.3 Å². The molecule has 1 N–H and O–H groups in total. The van der Waals surface area contributed by atoms with Crippen LogP contribution in [0.1, 0.15) is 25.6 Å². The van der Waals surface area contributed by atoms with E-state index in [1.165, 1.54) is 6.42 Å². The van der Waals surface area contributed by atoms with Crippen LogP contribution in [0.2, 0.25) is 0 Å². The fraction of sp³-hybridized carbons (Fsp3) is 0.667. The average molecular weight is 193 g/mol. The Kier molecular flexibility index (Phi) is 2.76. The molecule has 0 saturated carbocycles. The highest BCUT2D eigenvalue weighted by molar-refractivity contribution is 5.83. The van der Waals surface area contributed by atoms with E-state index in [1.54, 1.807) is 6.33 Å². The van der Waals surface area contributed by atoms with E-state index in [2.05, 4.69) is 27.4 Å². The molecule has 2 rings (SSSR count). The number of nitrogens with one attached hydrogen (secondary N) is 1. The van der Waals surface area contributed by atoms with E-state index >= 15 is 0 Å². The van der Waals surface area contributed by atoms with Crippen LogP contribution in [0, 0.1) is 0 Å². The topological polar surface area (TPSA) is 55.1 Å². The molecule has 0 amide bonds. The van der Waals surface area contributed by atoms with Crippen molar-refractivity contribution < 1.29 is 0 Å². The second-order valence-corrected chi connectivity index (χ2v) is 3.32. The molecule has 0 fully saturated rings. The standard InChI is InChI=1S/C9H15N5/c1-2-14-7-12-13-9(14)6-11-8-4-3-5-10-8/h7H,2-6H2,1H3,(H,10,11). The first-order chi connectivity index (χ1) is 6.90. The molecule has 0 saturated heterocycles. The lowest BCUT2D eigenvalue weighted by Crippen LogP contribution is -2.22. The Morgan fingerprint density at radius 2 is 2.50 bits per heavy atom. The van der Waals surface area contributed by atoms with Crippen LogP contribution in [0.3, 0.4) is 0 Å². The minimum absolute atomic E-state index is 0.729. The monoisotopic (exact) mass is 193 g/mol. The maximum atomic E-state index is 4.34. The van der Waals surface area contributed by atoms with Crippen LogP contribution in [0.15, 0.2) is 11.3 Å². The van der Waals surface area contributed by atoms with Crippen molar-refractivity contribution in [3.63, 3.8) is 0 Å². The van der Waals surface area contributed by atoms with Gasteiger partial charge >= 0.3 is 0 Å². The third-order valence-electron chi connectivity index (χ3n) is 2.36. The first-order valence-corrected chi connectivity index (χ1v) is 5.04. The number of nitrogens with zero attached hydrogens (tertiary/aromatic N) is 4. The Bertz CT molecular complexity index is 328. The number of hydrogen-bond acceptors (Lipinski definition) is 4. The van der Waals surface area contributed by atoms with Crippen LogP contribution in [0.5, 0.6) is 0 Å². The van der Waals surface area contributed by atoms with Crippen molar-refractivity contribution in [1.29, 1.82) is 0 Å². The molecule has 1 aliphatic rings. The lowest BCUT2D eigenvalue weighted by atomic mass is 10.3. The van der Waals surface area contributed by atoms with E-state index in [1.807, 2.05) is 4.57 Å². The highest BCUT2D eigenvalue weighted by Crippen LogP contribution is 2.02. The molecule has 0 aliphatic carbocycles. The molecular weight excluding hydrogens is 178 g/mol. The number of rotatable bonds is 3. The quantitative estimate of drug-likeness (QED) is 0.764. The molecule has 1 aromatic rings. The number of aliphatic imine (C=N–C) groups is 1. The van der Waals surface area contributed by atoms with Crippen LogP contribution < -0.4 is 5.32 Å². The highest BCUT2D eigenvalue weighted by atomic mass is 15.3. The van der Waals surface area contributed by atoms with Gasteiger partial charge in [0.2, 0.25) is 0 Å². The normalized spacial score (nSPS) is 15.6. The minimum Gasteiger partial charge on any atom is -0.367 e. The predicted octanol–water partition coefficient (Wildman–Crippen LogP) is 0.580. The maximum absolute atomic E-state index is 4.34. The predicted molar refractivity (Wildman–Crippen MR) is 54.1 cm³/mol. The lowest BCUT2D eigenvalue weighted by molar-refractivity contribution is 0.676. The zero-order chi connectivity index (χ0) is 9.80. The molecule has 5 nitrogen and oxygen atoms in total. The summed E-state index contributed by atoms with van der Waals surface area (Å²) in [5.74, 6) is 2.08. The summed E-state index contributed by atoms with van der Waals surface area (Å²) in [5.41, 5.74) is 0. The molecule has 14 heavy (non-hydrogen) atoms. The summed E-state index contributed by atoms with van der Waals surface area (Å²) < 4.78 is 2.03. The van der Waals surface area contributed by atoms with Crippen LogP contribution in [-0.4, -0.2) is 27.1 Å². The Morgan fingerprint density at radius 3 is 3.21 bits per heavy atom. The van der Waals surface area contributed by atoms with Gasteiger partial charge in [0.25, 0.3) is 0 Å². The molecule has 1 aromatic heterocycles. The lowest BCUT2D eigenvalue weighted by Gasteiger charge is -2.05. The summed E-state index contributed by atoms with van der Waals surface area (Å²) in [7, 11) is 0. The van der Waals surface area contributed by atoms with Crippen molar-refractivity contribution in [1.82, 2.24) is 20.1 Å². The number of amidine groups is 1. The van der Waals surface area contributed by atoms with Crippen LogP contribution in [-0.2, 0) is 13.1 Å². The SMILES string of the molecule is CCn1cnnc1CNC1=NCCC1. The minimum atomic E-state index is 0.729. The van der Waals surface area contributed by atoms with Gasteiger partial charge in [-0.3, -0.25) is 4.99 Å². The molecular formula is C9H15N5. The zero-order valence-corrected chi connectivity index (χ0v) is 8.40. The molecule has 0 spiro atoms. The summed E-state index contributed by atoms with van der Waals surface area (Å²) in [4.78, 5) is 4.34. The number of hydrogen-bond donors (Lipinski definition) is 1. The average Bonchev–Trinajstić information content (AvgIpc) is 2.85. The number of aryl methyl sites for hydroxylation is 1. The van der Waals surface area contributed by atoms with Crippen molar-refractivity contribution in [2.45, 2.75) is 32.9 Å². The highest BCUT2D eigenvalue weighted by Gasteiger charge is 2.07. The van der Waals surface area contributed by atoms with E-state index < -0.39 is 0 Å². The summed E-state index contributed by atoms with van der Waals surface area (Å²) >= 11 is 0. The van der Waals surface area contributed by atoms with Gasteiger partial charge in [0.05, 0.1) is 12.4 Å². The first kappa shape index (κ1) is 9.18. The van der Waals surface area contributed by atoms with E-state index in [4.69, 9.17) is 0 Å². The number of aromatic nitrogens is 3. The van der Waals surface area contributed by atoms with Crippen molar-refractivity contribution in [2.24, 2.45) is 4.99 Å². The Labute approximate surface area is 83.3 Å². The van der Waals surface area contributed by atoms with Gasteiger partial charge in [0.15, 0.2) is 5.82 Å². The van der Waals surface area contributed by atoms with E-state index in [-0.39, 0.29) is 0 Å². The third-order valence-corrected chi connectivity index (χ3v) is 2.36. The second-order valence-electron chi connectivity index (χ2n) is 3.32. The molecule has 0 aromatic carbocycles. The fourth-order valence-electron chi connectivity index (χ4n) is 1.54. The van der Waals surface area contributed by atoms with Gasteiger partial charge in [-0.15, -0.1) is 10.2 Å². The van der Waals surface area contributed by atoms with Gasteiger partial charge in [-0.1, -0.05) is 0 Å². The molecule has 5 heteroatoms. The maximum Gasteiger partial charge on any atom is 0.152 e. The van der Waals surface area contributed by atoms with E-state index in [9.17, 15) is 0 Å². The second kappa shape index (κ2) is 4.21. The largest absolute Gasteiger partial charge is 0.367 e. The zero-order valence-electron chi connectivity index (χ0n) is 8.40. The summed E-state index contributed by atoms with van der Waals surface area (Å²) in [6.07, 6.45) is 4.00. The molecule has 0 atom stereocenters. The van der Waals surface area contributed by atoms with Gasteiger partial charge < -0.3 is 9.88 Å². The Balaban J connectivity index is 1.91. The van der Waals surface area contributed by atoms with E-state index in [0.717, 1.165) is 37.7 Å². The summed E-state index contributed by atoms with van der Waals surface area (Å²) in [6, 6.07) is 0. The molecule has 2 heterocycles. The van der Waals surface area contributed by atoms with Gasteiger partial charge in [-0.25, -0.2) is 0 Å². The Morgan fingerprint density at radius 1 is 1.57 bits per heavy atom. The van der Waals surface area contributed by atoms with Crippen molar-refractivity contribution in [3.05, 3.63) is 12.2 Å². The van der Waals surface area contributed by atoms with Crippen LogP contribution >= 0.6 is 0 Å². The van der Waals surface area contributed by atoms with Crippen molar-refractivity contribution >= 4 is 5.84 Å². The fourth-order valence-corrected chi connectivity index (χ4v) is 1.54. The van der Waals surface area contributed by atoms with Gasteiger partial charge in [0.1, 0.15) is 6.33 Å². The van der Waals surface area contributed by atoms with Gasteiger partial charge in [0, 0.05) is 19.5 Å². The summed E-state index contributed by atoms with van der Waals surface area (Å²) in [5, 5.41) is 11.2. The molecule has 0 unspecified atom stereocenters. The molecule has 1 aliphatic heterocycles. The van der Waals surface area contributed by atoms with Crippen LogP contribution in [0.4, 0.5) is 0 Å². The molecule has 76 valence electrons. The van der Waals surface area contributed by atoms with Crippen molar-refractivity contribution in [2.75, 3.05) is 6.54 Å². The van der Waals surface area contributed by atoms with E-state index in [0.29, 0.717) is 0 Å². The molecule has 0 radical (unpaired) electrons. The first-order valence-electron chi connectivity index (χ1n) is 5.04. The smallest absolute Gasteiger partial charge is 0.152 e. The Hall–Kier alpha value is -1.39. The van der Waals surface area contributed by atoms with Gasteiger partial charge in [-0.2, -0.15) is 0 Å².